The second kappa shape index (κ2) is 23.7. The standard InChI is InChI=1S/C51H72O10SSi2/c1-9-63(10-2,11-3)61-51(7,36-26-12-13-27-37-58-64(50(4,5)6,43-32-22-16-23-33-43)44-34-24-17-25-35-44)48(56-39-42-30-20-15-21-31-42)47(55-38-41-28-18-14-19-29-41)46(60-62(8,53)54)45-40-57-49(52)59-45/h14-25,28-35,45-48H,9-13,26-27,36-40H2,1-8H3/t45-,46+,47+,48-,51-/m1/s1. The summed E-state index contributed by atoms with van der Waals surface area (Å²) >= 11 is 0. The van der Waals surface area contributed by atoms with Crippen LogP contribution in [0.2, 0.25) is 23.2 Å². The molecule has 0 aromatic heterocycles. The van der Waals surface area contributed by atoms with E-state index in [0.717, 1.165) is 61.2 Å². The molecule has 0 spiro atoms. The predicted octanol–water partition coefficient (Wildman–Crippen LogP) is 10.3. The second-order valence-electron chi connectivity index (χ2n) is 18.3. The van der Waals surface area contributed by atoms with Gasteiger partial charge in [0, 0.05) is 6.61 Å². The average Bonchev–Trinajstić information content (AvgIpc) is 3.73. The average molecular weight is 933 g/mol. The number of ether oxygens (including phenoxy) is 4. The van der Waals surface area contributed by atoms with Crippen molar-refractivity contribution in [1.82, 2.24) is 0 Å². The number of carbonyl (C=O) groups excluding carboxylic acids is 1. The van der Waals surface area contributed by atoms with Crippen molar-refractivity contribution in [3.05, 3.63) is 132 Å². The summed E-state index contributed by atoms with van der Waals surface area (Å²) in [6.07, 6.45) is -0.159. The van der Waals surface area contributed by atoms with E-state index < -0.39 is 62.9 Å². The van der Waals surface area contributed by atoms with Gasteiger partial charge in [-0.2, -0.15) is 8.42 Å². The Morgan fingerprint density at radius 3 is 1.62 bits per heavy atom. The Labute approximate surface area is 385 Å². The van der Waals surface area contributed by atoms with Crippen LogP contribution in [0.15, 0.2) is 121 Å². The first-order valence-electron chi connectivity index (χ1n) is 23.1. The lowest BCUT2D eigenvalue weighted by Crippen LogP contribution is -2.66. The SMILES string of the molecule is CC[Si](CC)(CC)O[C@](C)(CCCCCCO[Si](c1ccccc1)(c1ccccc1)C(C)(C)C)[C@H](OCc1ccccc1)[C@@H](OCc1ccccc1)[C@@H](OS(C)(=O)=O)[C@H]1COC(=O)O1. The predicted molar refractivity (Wildman–Crippen MR) is 259 cm³/mol. The summed E-state index contributed by atoms with van der Waals surface area (Å²) in [5.74, 6) is 0. The second-order valence-corrected chi connectivity index (χ2v) is 28.9. The molecular weight excluding hydrogens is 861 g/mol. The van der Waals surface area contributed by atoms with Crippen molar-refractivity contribution in [3.8, 4) is 0 Å². The Hall–Kier alpha value is -3.67. The maximum absolute atomic E-state index is 13.1. The van der Waals surface area contributed by atoms with Gasteiger partial charge in [-0.05, 0) is 64.4 Å². The molecule has 0 amide bonds. The maximum Gasteiger partial charge on any atom is 0.508 e. The van der Waals surface area contributed by atoms with Gasteiger partial charge in [0.25, 0.3) is 18.4 Å². The molecule has 350 valence electrons. The van der Waals surface area contributed by atoms with Crippen molar-refractivity contribution in [2.45, 2.75) is 147 Å². The number of unbranched alkanes of at least 4 members (excludes halogenated alkanes) is 3. The highest BCUT2D eigenvalue weighted by Gasteiger charge is 2.53. The molecule has 13 heteroatoms. The highest BCUT2D eigenvalue weighted by molar-refractivity contribution is 7.86. The van der Waals surface area contributed by atoms with E-state index in [-0.39, 0.29) is 24.9 Å². The topological polar surface area (TPSA) is 116 Å². The van der Waals surface area contributed by atoms with E-state index in [4.69, 9.17) is 32.0 Å². The summed E-state index contributed by atoms with van der Waals surface area (Å²) in [6, 6.07) is 43.6. The van der Waals surface area contributed by atoms with Crippen molar-refractivity contribution < 1.29 is 45.2 Å². The van der Waals surface area contributed by atoms with Crippen molar-refractivity contribution in [3.63, 3.8) is 0 Å². The Morgan fingerprint density at radius 1 is 0.688 bits per heavy atom. The van der Waals surface area contributed by atoms with Crippen LogP contribution >= 0.6 is 0 Å². The summed E-state index contributed by atoms with van der Waals surface area (Å²) in [7, 11) is -9.16. The molecular formula is C51H72O10SSi2. The minimum atomic E-state index is -4.11. The van der Waals surface area contributed by atoms with Gasteiger partial charge in [-0.15, -0.1) is 0 Å². The molecule has 4 aromatic rings. The van der Waals surface area contributed by atoms with Crippen LogP contribution in [0.25, 0.3) is 0 Å². The van der Waals surface area contributed by atoms with E-state index in [1.165, 1.54) is 10.4 Å². The fourth-order valence-electron chi connectivity index (χ4n) is 9.16. The highest BCUT2D eigenvalue weighted by atomic mass is 32.2. The van der Waals surface area contributed by atoms with Crippen molar-refractivity contribution in [1.29, 1.82) is 0 Å². The third kappa shape index (κ3) is 13.7. The van der Waals surface area contributed by atoms with Crippen LogP contribution < -0.4 is 10.4 Å². The molecule has 5 atom stereocenters. The van der Waals surface area contributed by atoms with Crippen LogP contribution in [0, 0.1) is 0 Å². The van der Waals surface area contributed by atoms with Crippen LogP contribution in [0.5, 0.6) is 0 Å². The maximum atomic E-state index is 13.1. The first-order valence-corrected chi connectivity index (χ1v) is 29.3. The van der Waals surface area contributed by atoms with Crippen molar-refractivity contribution in [2.75, 3.05) is 19.5 Å². The van der Waals surface area contributed by atoms with Gasteiger partial charge >= 0.3 is 6.16 Å². The van der Waals surface area contributed by atoms with Crippen molar-refractivity contribution >= 4 is 43.3 Å². The minimum Gasteiger partial charge on any atom is -0.430 e. The number of benzene rings is 4. The zero-order valence-corrected chi connectivity index (χ0v) is 42.1. The summed E-state index contributed by atoms with van der Waals surface area (Å²) in [4.78, 5) is 12.5. The molecule has 0 saturated carbocycles. The lowest BCUT2D eigenvalue weighted by molar-refractivity contribution is -0.198. The first-order chi connectivity index (χ1) is 30.6. The van der Waals surface area contributed by atoms with Gasteiger partial charge in [-0.25, -0.2) is 4.79 Å². The molecule has 64 heavy (non-hydrogen) atoms. The molecule has 1 aliphatic heterocycles. The largest absolute Gasteiger partial charge is 0.508 e. The summed E-state index contributed by atoms with van der Waals surface area (Å²) in [5, 5.41) is 2.41. The third-order valence-corrected chi connectivity index (χ3v) is 23.1. The number of rotatable bonds is 27. The Bertz CT molecular complexity index is 2040. The highest BCUT2D eigenvalue weighted by Crippen LogP contribution is 2.40. The zero-order chi connectivity index (χ0) is 46.3. The summed E-state index contributed by atoms with van der Waals surface area (Å²) < 4.78 is 71.7. The van der Waals surface area contributed by atoms with E-state index in [0.29, 0.717) is 13.0 Å². The summed E-state index contributed by atoms with van der Waals surface area (Å²) in [6.45, 7) is 16.3. The number of cyclic esters (lactones) is 2. The van der Waals surface area contributed by atoms with Crippen LogP contribution in [0.1, 0.15) is 91.7 Å². The van der Waals surface area contributed by atoms with Gasteiger partial charge in [-0.3, -0.25) is 4.18 Å². The third-order valence-electron chi connectivity index (χ3n) is 12.7. The van der Waals surface area contributed by atoms with Crippen LogP contribution in [0.4, 0.5) is 4.79 Å². The van der Waals surface area contributed by atoms with Crippen LogP contribution in [0.3, 0.4) is 0 Å². The zero-order valence-electron chi connectivity index (χ0n) is 39.3. The van der Waals surface area contributed by atoms with Gasteiger partial charge in [0.05, 0.1) is 25.1 Å². The van der Waals surface area contributed by atoms with Gasteiger partial charge in [0.15, 0.2) is 14.4 Å². The van der Waals surface area contributed by atoms with Gasteiger partial charge in [0.1, 0.15) is 24.9 Å². The van der Waals surface area contributed by atoms with Gasteiger partial charge < -0.3 is 27.8 Å². The molecule has 1 aliphatic rings. The number of hydrogen-bond donors (Lipinski definition) is 0. The van der Waals surface area contributed by atoms with Gasteiger partial charge in [-0.1, -0.05) is 182 Å². The molecule has 0 bridgehead atoms. The van der Waals surface area contributed by atoms with Crippen molar-refractivity contribution in [2.24, 2.45) is 0 Å². The molecule has 1 fully saturated rings. The van der Waals surface area contributed by atoms with Gasteiger partial charge in [0.2, 0.25) is 0 Å². The molecule has 4 aromatic carbocycles. The molecule has 0 radical (unpaired) electrons. The lowest BCUT2D eigenvalue weighted by Gasteiger charge is -2.48. The number of carbonyl (C=O) groups is 1. The number of hydrogen-bond acceptors (Lipinski definition) is 10. The normalized spacial score (nSPS) is 17.2. The van der Waals surface area contributed by atoms with E-state index >= 15 is 0 Å². The van der Waals surface area contributed by atoms with E-state index in [1.807, 2.05) is 60.7 Å². The quantitative estimate of drug-likeness (QED) is 0.0248. The van der Waals surface area contributed by atoms with E-state index in [9.17, 15) is 13.2 Å². The van der Waals surface area contributed by atoms with Crippen LogP contribution in [-0.2, 0) is 55.3 Å². The minimum absolute atomic E-state index is 0.112. The molecule has 0 aliphatic carbocycles. The van der Waals surface area contributed by atoms with E-state index in [1.54, 1.807) is 0 Å². The molecule has 1 saturated heterocycles. The smallest absolute Gasteiger partial charge is 0.430 e. The molecule has 10 nitrogen and oxygen atoms in total. The Morgan fingerprint density at radius 2 is 1.17 bits per heavy atom. The molecule has 1 heterocycles. The molecule has 5 rings (SSSR count). The molecule has 0 unspecified atom stereocenters. The molecule has 0 N–H and O–H groups in total. The van der Waals surface area contributed by atoms with E-state index in [2.05, 4.69) is 109 Å². The Balaban J connectivity index is 1.47. The summed E-state index contributed by atoms with van der Waals surface area (Å²) in [5.41, 5.74) is 0.811. The lowest BCUT2D eigenvalue weighted by atomic mass is 9.85. The fourth-order valence-corrected chi connectivity index (χ4v) is 17.5. The monoisotopic (exact) mass is 932 g/mol. The van der Waals surface area contributed by atoms with Crippen LogP contribution in [-0.4, -0.2) is 80.7 Å². The Kier molecular flexibility index (Phi) is 19.0. The fraction of sp³-hybridized carbons (Fsp3) is 0.510. The first kappa shape index (κ1) is 51.3.